The zero-order chi connectivity index (χ0) is 8.97. The van der Waals surface area contributed by atoms with Gasteiger partial charge in [-0.25, -0.2) is 0 Å². The topological polar surface area (TPSA) is 38.4 Å². The molecule has 0 fully saturated rings. The normalized spacial score (nSPS) is 11.7. The molecule has 2 N–H and O–H groups in total. The van der Waals surface area contributed by atoms with Gasteiger partial charge >= 0.3 is 0 Å². The Kier molecular flexibility index (Phi) is 3.11. The van der Waals surface area contributed by atoms with Crippen LogP contribution >= 0.6 is 11.6 Å². The van der Waals surface area contributed by atoms with E-state index < -0.39 is 0 Å². The highest BCUT2D eigenvalue weighted by Gasteiger charge is 1.95. The summed E-state index contributed by atoms with van der Waals surface area (Å²) in [6.45, 7) is 2.32. The summed E-state index contributed by atoms with van der Waals surface area (Å²) in [5.41, 5.74) is 6.40. The van der Waals surface area contributed by atoms with Crippen molar-refractivity contribution in [3.63, 3.8) is 0 Å². The smallest absolute Gasteiger partial charge is 0.0909 e. The molecule has 0 bridgehead atoms. The minimum Gasteiger partial charge on any atom is -0.388 e. The molecule has 0 aliphatic rings. The Morgan fingerprint density at radius 1 is 1.50 bits per heavy atom. The van der Waals surface area contributed by atoms with E-state index in [2.05, 4.69) is 4.99 Å². The molecule has 0 saturated carbocycles. The molecule has 0 radical (unpaired) electrons. The van der Waals surface area contributed by atoms with E-state index in [1.54, 1.807) is 6.92 Å². The largest absolute Gasteiger partial charge is 0.388 e. The second-order valence-electron chi connectivity index (χ2n) is 2.55. The van der Waals surface area contributed by atoms with Gasteiger partial charge in [-0.1, -0.05) is 29.8 Å². The molecule has 0 amide bonds. The number of aliphatic imine (C=N–C) groups is 1. The zero-order valence-electron chi connectivity index (χ0n) is 6.92. The van der Waals surface area contributed by atoms with E-state index in [4.69, 9.17) is 17.3 Å². The summed E-state index contributed by atoms with van der Waals surface area (Å²) in [5, 5.41) is 0.738. The van der Waals surface area contributed by atoms with Crippen molar-refractivity contribution < 1.29 is 0 Å². The van der Waals surface area contributed by atoms with Crippen LogP contribution in [-0.4, -0.2) is 5.84 Å². The van der Waals surface area contributed by atoms with Gasteiger partial charge in [-0.2, -0.15) is 0 Å². The summed E-state index contributed by atoms with van der Waals surface area (Å²) < 4.78 is 0. The first-order valence-corrected chi connectivity index (χ1v) is 4.08. The molecule has 3 heteroatoms. The van der Waals surface area contributed by atoms with Crippen LogP contribution in [0.15, 0.2) is 29.3 Å². The predicted octanol–water partition coefficient (Wildman–Crippen LogP) is 2.22. The second-order valence-corrected chi connectivity index (χ2v) is 2.96. The van der Waals surface area contributed by atoms with Gasteiger partial charge in [0, 0.05) is 5.02 Å². The number of nitrogens with zero attached hydrogens (tertiary/aromatic N) is 1. The van der Waals surface area contributed by atoms with E-state index in [9.17, 15) is 0 Å². The minimum absolute atomic E-state index is 0.558. The molecular formula is C9H11ClN2. The van der Waals surface area contributed by atoms with Crippen molar-refractivity contribution >= 4 is 17.4 Å². The van der Waals surface area contributed by atoms with Crippen LogP contribution in [0.4, 0.5) is 0 Å². The summed E-state index contributed by atoms with van der Waals surface area (Å²) in [6.07, 6.45) is 0. The second kappa shape index (κ2) is 4.12. The number of hydrogen-bond donors (Lipinski definition) is 1. The van der Waals surface area contributed by atoms with E-state index in [1.807, 2.05) is 24.3 Å². The van der Waals surface area contributed by atoms with Crippen molar-refractivity contribution in [3.8, 4) is 0 Å². The molecule has 12 heavy (non-hydrogen) atoms. The van der Waals surface area contributed by atoms with Gasteiger partial charge < -0.3 is 5.73 Å². The lowest BCUT2D eigenvalue weighted by atomic mass is 10.2. The van der Waals surface area contributed by atoms with Gasteiger partial charge in [0.1, 0.15) is 0 Å². The standard InChI is InChI=1S/C9H11ClN2/c1-7(11)12-6-8-4-2-3-5-9(8)10/h2-5H,6H2,1H3,(H2,11,12). The monoisotopic (exact) mass is 182 g/mol. The first-order chi connectivity index (χ1) is 5.70. The fourth-order valence-corrected chi connectivity index (χ4v) is 1.03. The molecule has 2 nitrogen and oxygen atoms in total. The molecule has 0 atom stereocenters. The Balaban J connectivity index is 2.76. The fraction of sp³-hybridized carbons (Fsp3) is 0.222. The lowest BCUT2D eigenvalue weighted by molar-refractivity contribution is 1.06. The number of amidine groups is 1. The van der Waals surface area contributed by atoms with E-state index in [0.29, 0.717) is 12.4 Å². The lowest BCUT2D eigenvalue weighted by Crippen LogP contribution is -2.05. The molecular weight excluding hydrogens is 172 g/mol. The van der Waals surface area contributed by atoms with Crippen LogP contribution in [0.25, 0.3) is 0 Å². The molecule has 0 aromatic heterocycles. The van der Waals surface area contributed by atoms with Crippen molar-refractivity contribution in [2.24, 2.45) is 10.7 Å². The zero-order valence-corrected chi connectivity index (χ0v) is 7.67. The van der Waals surface area contributed by atoms with Gasteiger partial charge in [0.2, 0.25) is 0 Å². The molecule has 1 rings (SSSR count). The van der Waals surface area contributed by atoms with Crippen LogP contribution in [0.2, 0.25) is 5.02 Å². The molecule has 64 valence electrons. The maximum Gasteiger partial charge on any atom is 0.0909 e. The van der Waals surface area contributed by atoms with E-state index in [1.165, 1.54) is 0 Å². The van der Waals surface area contributed by atoms with Gasteiger partial charge in [0.15, 0.2) is 0 Å². The quantitative estimate of drug-likeness (QED) is 0.553. The van der Waals surface area contributed by atoms with E-state index in [-0.39, 0.29) is 0 Å². The Bertz CT molecular complexity index is 290. The third-order valence-corrected chi connectivity index (χ3v) is 1.83. The molecule has 1 aromatic rings. The van der Waals surface area contributed by atoms with Crippen LogP contribution in [0, 0.1) is 0 Å². The maximum absolute atomic E-state index is 5.90. The third-order valence-electron chi connectivity index (χ3n) is 1.46. The average molecular weight is 183 g/mol. The SMILES string of the molecule is CC(N)=NCc1ccccc1Cl. The van der Waals surface area contributed by atoms with Gasteiger partial charge in [-0.15, -0.1) is 0 Å². The number of benzene rings is 1. The van der Waals surface area contributed by atoms with Gasteiger partial charge in [-0.05, 0) is 18.6 Å². The number of rotatable bonds is 2. The molecule has 0 aliphatic carbocycles. The first-order valence-electron chi connectivity index (χ1n) is 3.70. The lowest BCUT2D eigenvalue weighted by Gasteiger charge is -1.99. The van der Waals surface area contributed by atoms with E-state index in [0.717, 1.165) is 10.6 Å². The van der Waals surface area contributed by atoms with Crippen LogP contribution in [0.3, 0.4) is 0 Å². The van der Waals surface area contributed by atoms with Crippen LogP contribution in [0.1, 0.15) is 12.5 Å². The number of nitrogens with two attached hydrogens (primary N) is 1. The van der Waals surface area contributed by atoms with Crippen molar-refractivity contribution in [1.29, 1.82) is 0 Å². The van der Waals surface area contributed by atoms with Crippen LogP contribution in [0.5, 0.6) is 0 Å². The summed E-state index contributed by atoms with van der Waals surface area (Å²) >= 11 is 5.90. The summed E-state index contributed by atoms with van der Waals surface area (Å²) in [5.74, 6) is 0.579. The summed E-state index contributed by atoms with van der Waals surface area (Å²) in [6, 6.07) is 7.61. The first kappa shape index (κ1) is 9.07. The Labute approximate surface area is 77.1 Å². The average Bonchev–Trinajstić information content (AvgIpc) is 2.03. The molecule has 0 spiro atoms. The fourth-order valence-electron chi connectivity index (χ4n) is 0.836. The van der Waals surface area contributed by atoms with Crippen molar-refractivity contribution in [1.82, 2.24) is 0 Å². The van der Waals surface area contributed by atoms with Crippen molar-refractivity contribution in [3.05, 3.63) is 34.9 Å². The van der Waals surface area contributed by atoms with Gasteiger partial charge in [-0.3, -0.25) is 4.99 Å². The summed E-state index contributed by atoms with van der Waals surface area (Å²) in [4.78, 5) is 4.07. The summed E-state index contributed by atoms with van der Waals surface area (Å²) in [7, 11) is 0. The highest BCUT2D eigenvalue weighted by Crippen LogP contribution is 2.15. The van der Waals surface area contributed by atoms with Crippen LogP contribution in [-0.2, 0) is 6.54 Å². The van der Waals surface area contributed by atoms with Crippen LogP contribution < -0.4 is 5.73 Å². The van der Waals surface area contributed by atoms with Gasteiger partial charge in [0.05, 0.1) is 12.4 Å². The minimum atomic E-state index is 0.558. The maximum atomic E-state index is 5.90. The predicted molar refractivity (Wildman–Crippen MR) is 52.5 cm³/mol. The Morgan fingerprint density at radius 3 is 2.75 bits per heavy atom. The number of halogens is 1. The highest BCUT2D eigenvalue weighted by molar-refractivity contribution is 6.31. The highest BCUT2D eigenvalue weighted by atomic mass is 35.5. The number of hydrogen-bond acceptors (Lipinski definition) is 1. The third kappa shape index (κ3) is 2.55. The Morgan fingerprint density at radius 2 is 2.17 bits per heavy atom. The molecule has 0 heterocycles. The van der Waals surface area contributed by atoms with Gasteiger partial charge in [0.25, 0.3) is 0 Å². The van der Waals surface area contributed by atoms with Crippen molar-refractivity contribution in [2.75, 3.05) is 0 Å². The Hall–Kier alpha value is -1.02. The van der Waals surface area contributed by atoms with E-state index >= 15 is 0 Å². The molecule has 0 aliphatic heterocycles. The molecule has 1 aromatic carbocycles. The molecule has 0 saturated heterocycles. The molecule has 0 unspecified atom stereocenters. The van der Waals surface area contributed by atoms with Crippen molar-refractivity contribution in [2.45, 2.75) is 13.5 Å².